The molecular weight excluding hydrogens is 340 g/mol. The number of ether oxygens (including phenoxy) is 2. The molecule has 0 saturated heterocycles. The second-order valence-electron chi connectivity index (χ2n) is 7.02. The smallest absolute Gasteiger partial charge is 0.311 e. The van der Waals surface area contributed by atoms with Crippen LogP contribution in [-0.2, 0) is 20.7 Å². The van der Waals surface area contributed by atoms with E-state index in [1.54, 1.807) is 6.07 Å². The third kappa shape index (κ3) is 12.2. The predicted octanol–water partition coefficient (Wildman–Crippen LogP) is 6.01. The fraction of sp³-hybridized carbons (Fsp3) is 0.652. The number of carbonyl (C=O) groups excluding carboxylic acids is 2. The fourth-order valence-electron chi connectivity index (χ4n) is 2.87. The molecular formula is C23H36O4. The molecule has 0 aliphatic rings. The zero-order valence-electron chi connectivity index (χ0n) is 17.1. The van der Waals surface area contributed by atoms with Gasteiger partial charge in [-0.05, 0) is 43.4 Å². The largest absolute Gasteiger partial charge is 0.466 e. The first-order valence-corrected chi connectivity index (χ1v) is 10.6. The summed E-state index contributed by atoms with van der Waals surface area (Å²) >= 11 is 0. The van der Waals surface area contributed by atoms with Gasteiger partial charge in [0.05, 0.1) is 6.61 Å². The topological polar surface area (TPSA) is 52.6 Å². The zero-order chi connectivity index (χ0) is 19.7. The van der Waals surface area contributed by atoms with Crippen molar-refractivity contribution in [3.8, 4) is 5.75 Å². The average molecular weight is 377 g/mol. The van der Waals surface area contributed by atoms with E-state index < -0.39 is 0 Å². The van der Waals surface area contributed by atoms with E-state index in [1.807, 2.05) is 18.2 Å². The molecule has 0 radical (unpaired) electrons. The first-order chi connectivity index (χ1) is 13.2. The Balaban J connectivity index is 2.00. The van der Waals surface area contributed by atoms with Crippen molar-refractivity contribution < 1.29 is 19.1 Å². The van der Waals surface area contributed by atoms with E-state index in [9.17, 15) is 9.59 Å². The van der Waals surface area contributed by atoms with Crippen molar-refractivity contribution in [2.45, 2.75) is 90.9 Å². The Morgan fingerprint density at radius 3 is 2.19 bits per heavy atom. The number of unbranched alkanes of at least 4 members (excludes halogenated alkanes) is 7. The van der Waals surface area contributed by atoms with Gasteiger partial charge in [0, 0.05) is 12.8 Å². The molecule has 1 aromatic carbocycles. The van der Waals surface area contributed by atoms with E-state index in [2.05, 4.69) is 13.8 Å². The summed E-state index contributed by atoms with van der Waals surface area (Å²) < 4.78 is 10.6. The van der Waals surface area contributed by atoms with Gasteiger partial charge in [-0.1, -0.05) is 64.5 Å². The van der Waals surface area contributed by atoms with E-state index in [-0.39, 0.29) is 11.9 Å². The molecule has 0 unspecified atom stereocenters. The number of hydrogen-bond donors (Lipinski definition) is 0. The number of aryl methyl sites for hydroxylation is 1. The van der Waals surface area contributed by atoms with Crippen LogP contribution in [-0.4, -0.2) is 18.5 Å². The molecule has 0 saturated carbocycles. The molecule has 1 aromatic rings. The average Bonchev–Trinajstić information content (AvgIpc) is 2.67. The van der Waals surface area contributed by atoms with Crippen molar-refractivity contribution in [3.63, 3.8) is 0 Å². The first-order valence-electron chi connectivity index (χ1n) is 10.6. The Bertz CT molecular complexity index is 539. The highest BCUT2D eigenvalue weighted by Crippen LogP contribution is 2.15. The van der Waals surface area contributed by atoms with Crippen LogP contribution in [0.25, 0.3) is 0 Å². The van der Waals surface area contributed by atoms with Crippen molar-refractivity contribution in [1.82, 2.24) is 0 Å². The summed E-state index contributed by atoms with van der Waals surface area (Å²) in [6.45, 7) is 4.80. The SMILES string of the molecule is CCCCCCCCCOC(=O)CCCCC(=O)Oc1cccc(CC)c1. The maximum absolute atomic E-state index is 11.9. The van der Waals surface area contributed by atoms with Crippen molar-refractivity contribution in [2.75, 3.05) is 6.61 Å². The second-order valence-corrected chi connectivity index (χ2v) is 7.02. The minimum atomic E-state index is -0.250. The first kappa shape index (κ1) is 23.2. The highest BCUT2D eigenvalue weighted by molar-refractivity contribution is 5.72. The predicted molar refractivity (Wildman–Crippen MR) is 109 cm³/mol. The van der Waals surface area contributed by atoms with E-state index >= 15 is 0 Å². The van der Waals surface area contributed by atoms with Crippen LogP contribution in [0.5, 0.6) is 5.75 Å². The van der Waals surface area contributed by atoms with Crippen LogP contribution in [0.4, 0.5) is 0 Å². The quantitative estimate of drug-likeness (QED) is 0.214. The lowest BCUT2D eigenvalue weighted by molar-refractivity contribution is -0.144. The Labute approximate surface area is 164 Å². The molecule has 27 heavy (non-hydrogen) atoms. The second kappa shape index (κ2) is 15.2. The van der Waals surface area contributed by atoms with Gasteiger partial charge < -0.3 is 9.47 Å². The van der Waals surface area contributed by atoms with Crippen LogP contribution in [0.1, 0.15) is 90.0 Å². The summed E-state index contributed by atoms with van der Waals surface area (Å²) in [6, 6.07) is 7.58. The molecule has 4 heteroatoms. The van der Waals surface area contributed by atoms with Gasteiger partial charge in [0.15, 0.2) is 0 Å². The van der Waals surface area contributed by atoms with Gasteiger partial charge in [0.25, 0.3) is 0 Å². The summed E-state index contributed by atoms with van der Waals surface area (Å²) in [5.74, 6) is 0.179. The van der Waals surface area contributed by atoms with E-state index in [0.717, 1.165) is 24.8 Å². The van der Waals surface area contributed by atoms with Crippen molar-refractivity contribution >= 4 is 11.9 Å². The Morgan fingerprint density at radius 2 is 1.48 bits per heavy atom. The van der Waals surface area contributed by atoms with E-state index in [0.29, 0.717) is 38.0 Å². The van der Waals surface area contributed by atoms with Gasteiger partial charge in [-0.25, -0.2) is 0 Å². The summed E-state index contributed by atoms with van der Waals surface area (Å²) in [4.78, 5) is 23.5. The monoisotopic (exact) mass is 376 g/mol. The van der Waals surface area contributed by atoms with Crippen LogP contribution < -0.4 is 4.74 Å². The Morgan fingerprint density at radius 1 is 0.815 bits per heavy atom. The van der Waals surface area contributed by atoms with Gasteiger partial charge in [0.2, 0.25) is 0 Å². The van der Waals surface area contributed by atoms with Crippen molar-refractivity contribution in [2.24, 2.45) is 0 Å². The van der Waals surface area contributed by atoms with Crippen LogP contribution in [0.2, 0.25) is 0 Å². The molecule has 1 rings (SSSR count). The molecule has 0 bridgehead atoms. The third-order valence-corrected chi connectivity index (χ3v) is 4.56. The molecule has 152 valence electrons. The number of esters is 2. The molecule has 0 atom stereocenters. The third-order valence-electron chi connectivity index (χ3n) is 4.56. The van der Waals surface area contributed by atoms with Gasteiger partial charge in [-0.3, -0.25) is 9.59 Å². The fourth-order valence-corrected chi connectivity index (χ4v) is 2.87. The van der Waals surface area contributed by atoms with Crippen LogP contribution >= 0.6 is 0 Å². The minimum Gasteiger partial charge on any atom is -0.466 e. The molecule has 0 aliphatic carbocycles. The van der Waals surface area contributed by atoms with Gasteiger partial charge in [0.1, 0.15) is 5.75 Å². The molecule has 0 aromatic heterocycles. The molecule has 0 spiro atoms. The Kier molecular flexibility index (Phi) is 13.1. The zero-order valence-corrected chi connectivity index (χ0v) is 17.1. The molecule has 0 aliphatic heterocycles. The van der Waals surface area contributed by atoms with E-state index in [4.69, 9.17) is 9.47 Å². The summed E-state index contributed by atoms with van der Waals surface area (Å²) in [5, 5.41) is 0. The number of hydrogen-bond acceptors (Lipinski definition) is 4. The molecule has 0 N–H and O–H groups in total. The minimum absolute atomic E-state index is 0.162. The summed E-state index contributed by atoms with van der Waals surface area (Å²) in [5.41, 5.74) is 1.14. The summed E-state index contributed by atoms with van der Waals surface area (Å²) in [7, 11) is 0. The number of rotatable bonds is 15. The van der Waals surface area contributed by atoms with Gasteiger partial charge in [-0.2, -0.15) is 0 Å². The molecule has 0 fully saturated rings. The van der Waals surface area contributed by atoms with Crippen molar-refractivity contribution in [1.29, 1.82) is 0 Å². The molecule has 4 nitrogen and oxygen atoms in total. The van der Waals surface area contributed by atoms with E-state index in [1.165, 1.54) is 32.1 Å². The standard InChI is InChI=1S/C23H36O4/c1-3-5-6-7-8-9-12-18-26-22(24)16-10-11-17-23(25)27-21-15-13-14-20(4-2)19-21/h13-15,19H,3-12,16-18H2,1-2H3. The lowest BCUT2D eigenvalue weighted by Gasteiger charge is -2.06. The van der Waals surface area contributed by atoms with Gasteiger partial charge >= 0.3 is 11.9 Å². The summed E-state index contributed by atoms with van der Waals surface area (Å²) in [6.07, 6.45) is 11.4. The van der Waals surface area contributed by atoms with Gasteiger partial charge in [-0.15, -0.1) is 0 Å². The number of carbonyl (C=O) groups is 2. The lowest BCUT2D eigenvalue weighted by Crippen LogP contribution is -2.09. The van der Waals surface area contributed by atoms with Crippen LogP contribution in [0.3, 0.4) is 0 Å². The normalized spacial score (nSPS) is 10.6. The number of benzene rings is 1. The maximum atomic E-state index is 11.9. The van der Waals surface area contributed by atoms with Crippen LogP contribution in [0.15, 0.2) is 24.3 Å². The molecule has 0 heterocycles. The highest BCUT2D eigenvalue weighted by Gasteiger charge is 2.07. The lowest BCUT2D eigenvalue weighted by atomic mass is 10.1. The van der Waals surface area contributed by atoms with Crippen molar-refractivity contribution in [3.05, 3.63) is 29.8 Å². The Hall–Kier alpha value is -1.84. The maximum Gasteiger partial charge on any atom is 0.311 e. The highest BCUT2D eigenvalue weighted by atomic mass is 16.5. The van der Waals surface area contributed by atoms with Crippen LogP contribution in [0, 0.1) is 0 Å². The molecule has 0 amide bonds.